The monoisotopic (exact) mass is 509 g/mol. The van der Waals surface area contributed by atoms with Crippen molar-refractivity contribution in [1.82, 2.24) is 15.5 Å². The summed E-state index contributed by atoms with van der Waals surface area (Å²) in [5, 5.41) is 18.2. The van der Waals surface area contributed by atoms with Gasteiger partial charge in [-0.2, -0.15) is 5.26 Å². The van der Waals surface area contributed by atoms with Crippen molar-refractivity contribution in [3.8, 4) is 6.07 Å². The highest BCUT2D eigenvalue weighted by molar-refractivity contribution is 5.98. The Morgan fingerprint density at radius 1 is 1.19 bits per heavy atom. The zero-order chi connectivity index (χ0) is 28.0. The van der Waals surface area contributed by atoms with Gasteiger partial charge in [-0.15, -0.1) is 6.58 Å². The first-order valence-electron chi connectivity index (χ1n) is 12.5. The molecule has 0 unspecified atom stereocenters. The highest BCUT2D eigenvalue weighted by atomic mass is 16.2. The molecule has 3 N–H and O–H groups in total. The number of rotatable bonds is 9. The Kier molecular flexibility index (Phi) is 9.62. The first kappa shape index (κ1) is 29.6. The van der Waals surface area contributed by atoms with Gasteiger partial charge < -0.3 is 20.9 Å². The van der Waals surface area contributed by atoms with E-state index in [1.54, 1.807) is 38.1 Å². The summed E-state index contributed by atoms with van der Waals surface area (Å²) in [6, 6.07) is 8.44. The molecule has 0 bridgehead atoms. The molecule has 9 nitrogen and oxygen atoms in total. The molecule has 1 aliphatic rings. The van der Waals surface area contributed by atoms with Gasteiger partial charge in [-0.25, -0.2) is 0 Å². The molecule has 0 aliphatic carbocycles. The topological polar surface area (TPSA) is 131 Å². The van der Waals surface area contributed by atoms with Crippen LogP contribution in [0.1, 0.15) is 54.4 Å². The summed E-state index contributed by atoms with van der Waals surface area (Å²) < 4.78 is 0. The van der Waals surface area contributed by atoms with E-state index in [9.17, 15) is 24.4 Å². The maximum Gasteiger partial charge on any atom is 0.246 e. The van der Waals surface area contributed by atoms with E-state index in [-0.39, 0.29) is 36.1 Å². The quantitative estimate of drug-likeness (QED) is 0.441. The zero-order valence-electron chi connectivity index (χ0n) is 22.6. The summed E-state index contributed by atoms with van der Waals surface area (Å²) in [5.41, 5.74) is -0.905. The van der Waals surface area contributed by atoms with Gasteiger partial charge in [0.1, 0.15) is 18.1 Å². The maximum absolute atomic E-state index is 13.8. The first-order valence-corrected chi connectivity index (χ1v) is 12.5. The number of amides is 4. The normalized spacial score (nSPS) is 20.9. The van der Waals surface area contributed by atoms with E-state index in [1.807, 2.05) is 26.8 Å². The Morgan fingerprint density at radius 3 is 2.30 bits per heavy atom. The molecule has 2 rings (SSSR count). The SMILES string of the molecule is C=C[C@]1(C(=O)Nc2ccccc2)C[C@@H](C#N)N(C(=O)[C@H](CC(C)(C)C)NC(=O)[C@@H](NC(C)=O)C(C)C)C1. The van der Waals surface area contributed by atoms with E-state index < -0.39 is 35.4 Å². The Labute approximate surface area is 219 Å². The average Bonchev–Trinajstić information content (AvgIpc) is 3.21. The lowest BCUT2D eigenvalue weighted by Gasteiger charge is -2.32. The number of hydrogen-bond donors (Lipinski definition) is 3. The van der Waals surface area contributed by atoms with Gasteiger partial charge in [0.15, 0.2) is 0 Å². The number of anilines is 1. The third kappa shape index (κ3) is 7.66. The van der Waals surface area contributed by atoms with E-state index >= 15 is 0 Å². The Morgan fingerprint density at radius 2 is 1.81 bits per heavy atom. The van der Waals surface area contributed by atoms with Crippen LogP contribution in [0.4, 0.5) is 5.69 Å². The van der Waals surface area contributed by atoms with E-state index in [0.29, 0.717) is 12.1 Å². The van der Waals surface area contributed by atoms with Crippen LogP contribution in [0.15, 0.2) is 43.0 Å². The fourth-order valence-corrected chi connectivity index (χ4v) is 4.49. The third-order valence-corrected chi connectivity index (χ3v) is 6.43. The fraction of sp³-hybridized carbons (Fsp3) is 0.536. The van der Waals surface area contributed by atoms with Crippen molar-refractivity contribution >= 4 is 29.3 Å². The lowest BCUT2D eigenvalue weighted by molar-refractivity contribution is -0.139. The molecule has 200 valence electrons. The minimum Gasteiger partial charge on any atom is -0.344 e. The number of nitriles is 1. The lowest BCUT2D eigenvalue weighted by Crippen LogP contribution is -2.57. The van der Waals surface area contributed by atoms with Crippen molar-refractivity contribution in [3.05, 3.63) is 43.0 Å². The summed E-state index contributed by atoms with van der Waals surface area (Å²) in [5.74, 6) is -1.83. The second kappa shape index (κ2) is 12.0. The molecular formula is C28H39N5O4. The molecule has 0 saturated carbocycles. The van der Waals surface area contributed by atoms with Crippen molar-refractivity contribution in [2.24, 2.45) is 16.7 Å². The summed E-state index contributed by atoms with van der Waals surface area (Å²) in [7, 11) is 0. The van der Waals surface area contributed by atoms with Crippen LogP contribution in [0.3, 0.4) is 0 Å². The van der Waals surface area contributed by atoms with Crippen molar-refractivity contribution in [1.29, 1.82) is 5.26 Å². The number of nitrogens with zero attached hydrogens (tertiary/aromatic N) is 2. The molecule has 0 spiro atoms. The molecule has 37 heavy (non-hydrogen) atoms. The number of carbonyl (C=O) groups is 4. The van der Waals surface area contributed by atoms with Crippen LogP contribution in [0.2, 0.25) is 0 Å². The molecule has 1 fully saturated rings. The van der Waals surface area contributed by atoms with Gasteiger partial charge in [0.25, 0.3) is 0 Å². The second-order valence-electron chi connectivity index (χ2n) is 11.2. The van der Waals surface area contributed by atoms with Gasteiger partial charge in [-0.05, 0) is 29.9 Å². The van der Waals surface area contributed by atoms with Crippen molar-refractivity contribution in [2.45, 2.75) is 72.5 Å². The van der Waals surface area contributed by atoms with Crippen molar-refractivity contribution in [2.75, 3.05) is 11.9 Å². The van der Waals surface area contributed by atoms with Gasteiger partial charge in [0.05, 0.1) is 11.5 Å². The Balaban J connectivity index is 2.33. The van der Waals surface area contributed by atoms with Gasteiger partial charge >= 0.3 is 0 Å². The Hall–Kier alpha value is -3.67. The van der Waals surface area contributed by atoms with E-state index in [0.717, 1.165) is 0 Å². The molecule has 4 amide bonds. The zero-order valence-corrected chi connectivity index (χ0v) is 22.6. The largest absolute Gasteiger partial charge is 0.344 e. The molecule has 0 aromatic heterocycles. The van der Waals surface area contributed by atoms with Crippen molar-refractivity contribution in [3.63, 3.8) is 0 Å². The van der Waals surface area contributed by atoms with Crippen LogP contribution < -0.4 is 16.0 Å². The summed E-state index contributed by atoms with van der Waals surface area (Å²) in [6.07, 6.45) is 1.88. The van der Waals surface area contributed by atoms with Gasteiger partial charge in [0.2, 0.25) is 23.6 Å². The van der Waals surface area contributed by atoms with Crippen LogP contribution in [0, 0.1) is 28.1 Å². The van der Waals surface area contributed by atoms with Gasteiger partial charge in [-0.3, -0.25) is 19.2 Å². The predicted octanol–water partition coefficient (Wildman–Crippen LogP) is 3.00. The second-order valence-corrected chi connectivity index (χ2v) is 11.2. The smallest absolute Gasteiger partial charge is 0.246 e. The minimum atomic E-state index is -1.17. The molecule has 1 aromatic rings. The van der Waals surface area contributed by atoms with E-state index in [4.69, 9.17) is 0 Å². The maximum atomic E-state index is 13.8. The number of benzene rings is 1. The molecule has 1 aromatic carbocycles. The lowest BCUT2D eigenvalue weighted by atomic mass is 9.84. The first-order chi connectivity index (χ1) is 17.2. The highest BCUT2D eigenvalue weighted by Gasteiger charge is 2.50. The molecular weight excluding hydrogens is 470 g/mol. The van der Waals surface area contributed by atoms with Crippen LogP contribution in [-0.4, -0.2) is 53.2 Å². The molecule has 1 heterocycles. The summed E-state index contributed by atoms with van der Waals surface area (Å²) in [6.45, 7) is 14.6. The summed E-state index contributed by atoms with van der Waals surface area (Å²) in [4.78, 5) is 53.3. The fourth-order valence-electron chi connectivity index (χ4n) is 4.49. The summed E-state index contributed by atoms with van der Waals surface area (Å²) >= 11 is 0. The van der Waals surface area contributed by atoms with E-state index in [2.05, 4.69) is 28.6 Å². The molecule has 1 saturated heterocycles. The van der Waals surface area contributed by atoms with Crippen LogP contribution >= 0.6 is 0 Å². The third-order valence-electron chi connectivity index (χ3n) is 6.43. The van der Waals surface area contributed by atoms with Crippen LogP contribution in [-0.2, 0) is 19.2 Å². The Bertz CT molecular complexity index is 1060. The number of carbonyl (C=O) groups excluding carboxylic acids is 4. The molecule has 0 radical (unpaired) electrons. The molecule has 4 atom stereocenters. The minimum absolute atomic E-state index is 0.0396. The standard InChI is InChI=1S/C28H39N5O4/c1-8-28(26(37)31-20-12-10-9-11-13-20)14-21(16-29)33(17-28)25(36)22(15-27(5,6)7)32-24(35)23(18(2)3)30-19(4)34/h8-13,18,21-23H,1,14-15,17H2,2-7H3,(H,30,34)(H,31,37)(H,32,35)/t21-,22-,23-,28-/m0/s1. The van der Waals surface area contributed by atoms with Crippen LogP contribution in [0.5, 0.6) is 0 Å². The number of nitrogens with one attached hydrogen (secondary N) is 3. The number of hydrogen-bond acceptors (Lipinski definition) is 5. The van der Waals surface area contributed by atoms with Gasteiger partial charge in [-0.1, -0.05) is 58.9 Å². The molecule has 9 heteroatoms. The number of para-hydroxylation sites is 1. The predicted molar refractivity (Wildman–Crippen MR) is 142 cm³/mol. The van der Waals surface area contributed by atoms with Crippen LogP contribution in [0.25, 0.3) is 0 Å². The average molecular weight is 510 g/mol. The molecule has 1 aliphatic heterocycles. The number of likely N-dealkylation sites (tertiary alicyclic amines) is 1. The van der Waals surface area contributed by atoms with Crippen molar-refractivity contribution < 1.29 is 19.2 Å². The van der Waals surface area contributed by atoms with Gasteiger partial charge in [0, 0.05) is 25.6 Å². The van der Waals surface area contributed by atoms with E-state index in [1.165, 1.54) is 17.9 Å². The highest BCUT2D eigenvalue weighted by Crippen LogP contribution is 2.38.